The third-order valence-electron chi connectivity index (χ3n) is 3.83. The molecule has 21 heavy (non-hydrogen) atoms. The SMILES string of the molecule is CC(=O)N1CCC(C(=O)NCC(=O)c2ccccc2)CC1. The van der Waals surface area contributed by atoms with Crippen LogP contribution in [0.1, 0.15) is 30.1 Å². The van der Waals surface area contributed by atoms with E-state index in [9.17, 15) is 14.4 Å². The average molecular weight is 288 g/mol. The molecule has 1 N–H and O–H groups in total. The van der Waals surface area contributed by atoms with E-state index in [1.807, 2.05) is 6.07 Å². The summed E-state index contributed by atoms with van der Waals surface area (Å²) in [5, 5.41) is 2.70. The molecule has 0 saturated carbocycles. The minimum atomic E-state index is -0.107. The van der Waals surface area contributed by atoms with Gasteiger partial charge in [0.2, 0.25) is 11.8 Å². The summed E-state index contributed by atoms with van der Waals surface area (Å²) in [5.74, 6) is -0.245. The van der Waals surface area contributed by atoms with E-state index in [-0.39, 0.29) is 30.1 Å². The van der Waals surface area contributed by atoms with Crippen LogP contribution < -0.4 is 5.32 Å². The second kappa shape index (κ2) is 7.02. The Bertz CT molecular complexity index is 520. The van der Waals surface area contributed by atoms with Gasteiger partial charge in [0.25, 0.3) is 0 Å². The quantitative estimate of drug-likeness (QED) is 0.848. The van der Waals surface area contributed by atoms with Gasteiger partial charge in [0, 0.05) is 31.5 Å². The largest absolute Gasteiger partial charge is 0.348 e. The van der Waals surface area contributed by atoms with E-state index in [2.05, 4.69) is 5.32 Å². The highest BCUT2D eigenvalue weighted by Gasteiger charge is 2.26. The second-order valence-corrected chi connectivity index (χ2v) is 5.29. The molecule has 2 amide bonds. The molecule has 2 rings (SSSR count). The van der Waals surface area contributed by atoms with Gasteiger partial charge >= 0.3 is 0 Å². The summed E-state index contributed by atoms with van der Waals surface area (Å²) >= 11 is 0. The van der Waals surface area contributed by atoms with Crippen molar-refractivity contribution >= 4 is 17.6 Å². The molecule has 1 aliphatic heterocycles. The third kappa shape index (κ3) is 4.15. The molecular formula is C16H20N2O3. The van der Waals surface area contributed by atoms with Gasteiger partial charge in [-0.15, -0.1) is 0 Å². The number of hydrogen-bond donors (Lipinski definition) is 1. The molecule has 0 unspecified atom stereocenters. The zero-order valence-electron chi connectivity index (χ0n) is 12.2. The Kier molecular flexibility index (Phi) is 5.09. The van der Waals surface area contributed by atoms with Crippen LogP contribution >= 0.6 is 0 Å². The number of piperidine rings is 1. The minimum absolute atomic E-state index is 0.0236. The van der Waals surface area contributed by atoms with Gasteiger partial charge in [-0.1, -0.05) is 30.3 Å². The van der Waals surface area contributed by atoms with Crippen molar-refractivity contribution in [3.63, 3.8) is 0 Å². The van der Waals surface area contributed by atoms with Gasteiger partial charge in [-0.25, -0.2) is 0 Å². The standard InChI is InChI=1S/C16H20N2O3/c1-12(19)18-9-7-14(8-10-18)16(21)17-11-15(20)13-5-3-2-4-6-13/h2-6,14H,7-11H2,1H3,(H,17,21). The third-order valence-corrected chi connectivity index (χ3v) is 3.83. The fourth-order valence-corrected chi connectivity index (χ4v) is 2.49. The molecule has 1 fully saturated rings. The van der Waals surface area contributed by atoms with Crippen molar-refractivity contribution in [2.75, 3.05) is 19.6 Å². The van der Waals surface area contributed by atoms with Crippen LogP contribution in [0.25, 0.3) is 0 Å². The maximum Gasteiger partial charge on any atom is 0.223 e. The summed E-state index contributed by atoms with van der Waals surface area (Å²) in [4.78, 5) is 36.9. The van der Waals surface area contributed by atoms with Crippen LogP contribution in [-0.4, -0.2) is 42.1 Å². The van der Waals surface area contributed by atoms with E-state index >= 15 is 0 Å². The topological polar surface area (TPSA) is 66.5 Å². The number of benzene rings is 1. The van der Waals surface area contributed by atoms with Crippen LogP contribution in [0.15, 0.2) is 30.3 Å². The zero-order chi connectivity index (χ0) is 15.2. The minimum Gasteiger partial charge on any atom is -0.348 e. The highest BCUT2D eigenvalue weighted by Crippen LogP contribution is 2.17. The number of nitrogens with one attached hydrogen (secondary N) is 1. The van der Waals surface area contributed by atoms with E-state index in [1.54, 1.807) is 36.1 Å². The first-order valence-corrected chi connectivity index (χ1v) is 7.19. The molecule has 1 aromatic carbocycles. The molecule has 0 radical (unpaired) electrons. The fraction of sp³-hybridized carbons (Fsp3) is 0.438. The number of carbonyl (C=O) groups is 3. The van der Waals surface area contributed by atoms with Crippen LogP contribution in [0.2, 0.25) is 0 Å². The zero-order valence-corrected chi connectivity index (χ0v) is 12.2. The molecule has 5 nitrogen and oxygen atoms in total. The Hall–Kier alpha value is -2.17. The molecule has 0 bridgehead atoms. The predicted molar refractivity (Wildman–Crippen MR) is 78.8 cm³/mol. The average Bonchev–Trinajstić information content (AvgIpc) is 2.53. The van der Waals surface area contributed by atoms with Gasteiger partial charge in [0.15, 0.2) is 5.78 Å². The molecule has 0 spiro atoms. The number of hydrogen-bond acceptors (Lipinski definition) is 3. The normalized spacial score (nSPS) is 15.6. The monoisotopic (exact) mass is 288 g/mol. The summed E-state index contributed by atoms with van der Waals surface area (Å²) in [5.41, 5.74) is 0.601. The van der Waals surface area contributed by atoms with E-state index in [0.29, 0.717) is 31.5 Å². The summed E-state index contributed by atoms with van der Waals surface area (Å²) < 4.78 is 0. The molecular weight excluding hydrogens is 268 g/mol. The number of amides is 2. The lowest BCUT2D eigenvalue weighted by atomic mass is 9.96. The Labute approximate surface area is 124 Å². The smallest absolute Gasteiger partial charge is 0.223 e. The summed E-state index contributed by atoms with van der Waals surface area (Å²) in [7, 11) is 0. The van der Waals surface area contributed by atoms with Crippen molar-refractivity contribution in [1.82, 2.24) is 10.2 Å². The molecule has 0 aromatic heterocycles. The Morgan fingerprint density at radius 1 is 1.14 bits per heavy atom. The van der Waals surface area contributed by atoms with Crippen molar-refractivity contribution < 1.29 is 14.4 Å². The van der Waals surface area contributed by atoms with E-state index in [0.717, 1.165) is 0 Å². The predicted octanol–water partition coefficient (Wildman–Crippen LogP) is 1.24. The van der Waals surface area contributed by atoms with Gasteiger partial charge in [0.05, 0.1) is 6.54 Å². The Balaban J connectivity index is 1.78. The number of carbonyl (C=O) groups excluding carboxylic acids is 3. The molecule has 1 aliphatic rings. The van der Waals surface area contributed by atoms with Crippen LogP contribution in [0.5, 0.6) is 0 Å². The van der Waals surface area contributed by atoms with Crippen LogP contribution in [0, 0.1) is 5.92 Å². The number of nitrogens with zero attached hydrogens (tertiary/aromatic N) is 1. The lowest BCUT2D eigenvalue weighted by molar-refractivity contribution is -0.133. The van der Waals surface area contributed by atoms with Gasteiger partial charge in [0.1, 0.15) is 0 Å². The Morgan fingerprint density at radius 3 is 2.33 bits per heavy atom. The second-order valence-electron chi connectivity index (χ2n) is 5.29. The van der Waals surface area contributed by atoms with Crippen molar-refractivity contribution in [1.29, 1.82) is 0 Å². The summed E-state index contributed by atoms with van der Waals surface area (Å²) in [6, 6.07) is 8.91. The van der Waals surface area contributed by atoms with Gasteiger partial charge < -0.3 is 10.2 Å². The maximum absolute atomic E-state index is 12.0. The molecule has 1 aromatic rings. The first kappa shape index (κ1) is 15.2. The lowest BCUT2D eigenvalue weighted by Crippen LogP contribution is -2.43. The highest BCUT2D eigenvalue weighted by atomic mass is 16.2. The van der Waals surface area contributed by atoms with Gasteiger partial charge in [-0.05, 0) is 12.8 Å². The fourth-order valence-electron chi connectivity index (χ4n) is 2.49. The van der Waals surface area contributed by atoms with Crippen LogP contribution in [-0.2, 0) is 9.59 Å². The summed E-state index contributed by atoms with van der Waals surface area (Å²) in [6.45, 7) is 2.79. The van der Waals surface area contributed by atoms with Gasteiger partial charge in [-0.2, -0.15) is 0 Å². The van der Waals surface area contributed by atoms with Crippen molar-refractivity contribution in [3.05, 3.63) is 35.9 Å². The van der Waals surface area contributed by atoms with Crippen molar-refractivity contribution in [2.45, 2.75) is 19.8 Å². The van der Waals surface area contributed by atoms with E-state index < -0.39 is 0 Å². The molecule has 112 valence electrons. The van der Waals surface area contributed by atoms with Crippen LogP contribution in [0.4, 0.5) is 0 Å². The molecule has 1 saturated heterocycles. The molecule has 0 atom stereocenters. The number of likely N-dealkylation sites (tertiary alicyclic amines) is 1. The number of Topliss-reactive ketones (excluding diaryl/α,β-unsaturated/α-hetero) is 1. The number of ketones is 1. The van der Waals surface area contributed by atoms with Crippen molar-refractivity contribution in [3.8, 4) is 0 Å². The molecule has 5 heteroatoms. The molecule has 0 aliphatic carbocycles. The first-order chi connectivity index (χ1) is 10.1. The number of rotatable bonds is 4. The Morgan fingerprint density at radius 2 is 1.76 bits per heavy atom. The lowest BCUT2D eigenvalue weighted by Gasteiger charge is -2.30. The van der Waals surface area contributed by atoms with Crippen molar-refractivity contribution in [2.24, 2.45) is 5.92 Å². The maximum atomic E-state index is 12.0. The first-order valence-electron chi connectivity index (χ1n) is 7.19. The highest BCUT2D eigenvalue weighted by molar-refractivity contribution is 5.99. The van der Waals surface area contributed by atoms with Crippen LogP contribution in [0.3, 0.4) is 0 Å². The van der Waals surface area contributed by atoms with Gasteiger partial charge in [-0.3, -0.25) is 14.4 Å². The van der Waals surface area contributed by atoms with E-state index in [1.165, 1.54) is 0 Å². The molecule has 1 heterocycles. The van der Waals surface area contributed by atoms with E-state index in [4.69, 9.17) is 0 Å². The summed E-state index contributed by atoms with van der Waals surface area (Å²) in [6.07, 6.45) is 1.32.